The fourth-order valence-electron chi connectivity index (χ4n) is 1.95. The maximum Gasteiger partial charge on any atom is 0.261 e. The van der Waals surface area contributed by atoms with Gasteiger partial charge in [-0.1, -0.05) is 6.92 Å². The number of sulfonamides is 1. The van der Waals surface area contributed by atoms with Crippen LogP contribution in [0.3, 0.4) is 0 Å². The maximum absolute atomic E-state index is 12.5. The van der Waals surface area contributed by atoms with Gasteiger partial charge >= 0.3 is 0 Å². The van der Waals surface area contributed by atoms with Gasteiger partial charge in [0.05, 0.1) is 16.4 Å². The Bertz CT molecular complexity index is 670. The minimum absolute atomic E-state index is 0.0105. The Morgan fingerprint density at radius 3 is 2.00 bits per heavy atom. The van der Waals surface area contributed by atoms with E-state index in [0.717, 1.165) is 0 Å². The van der Waals surface area contributed by atoms with Gasteiger partial charge in [0, 0.05) is 30.4 Å². The minimum Gasteiger partial charge on any atom is -0.383 e. The zero-order valence-electron chi connectivity index (χ0n) is 12.0. The van der Waals surface area contributed by atoms with Crippen LogP contribution in [-0.2, 0) is 23.8 Å². The monoisotopic (exact) mass is 355 g/mol. The Morgan fingerprint density at radius 1 is 1.14 bits per heavy atom. The van der Waals surface area contributed by atoms with Crippen molar-refractivity contribution in [2.45, 2.75) is 29.7 Å². The molecule has 9 heteroatoms. The zero-order chi connectivity index (χ0) is 16.3. The summed E-state index contributed by atoms with van der Waals surface area (Å²) in [5.41, 5.74) is 0. The second-order valence-corrected chi connectivity index (χ2v) is 8.88. The summed E-state index contributed by atoms with van der Waals surface area (Å²) in [4.78, 5) is -0.132. The second-order valence-electron chi connectivity index (χ2n) is 4.42. The number of nitrogens with zero attached hydrogens (tertiary/aromatic N) is 1. The molecule has 0 N–H and O–H groups in total. The summed E-state index contributed by atoms with van der Waals surface area (Å²) in [5.74, 6) is 0. The maximum atomic E-state index is 12.5. The molecule has 6 nitrogen and oxygen atoms in total. The Kier molecular flexibility index (Phi) is 6.18. The highest BCUT2D eigenvalue weighted by atomic mass is 35.7. The van der Waals surface area contributed by atoms with Crippen LogP contribution in [0.15, 0.2) is 34.1 Å². The summed E-state index contributed by atoms with van der Waals surface area (Å²) in [6.45, 7) is 4.01. The molecule has 0 saturated carbocycles. The molecule has 1 atom stereocenters. The lowest BCUT2D eigenvalue weighted by molar-refractivity contribution is 0.142. The largest absolute Gasteiger partial charge is 0.383 e. The van der Waals surface area contributed by atoms with Crippen molar-refractivity contribution in [1.29, 1.82) is 0 Å². The first-order valence-corrected chi connectivity index (χ1v) is 9.95. The number of hydrogen-bond acceptors (Lipinski definition) is 5. The van der Waals surface area contributed by atoms with E-state index in [1.807, 2.05) is 0 Å². The lowest BCUT2D eigenvalue weighted by Crippen LogP contribution is -2.40. The molecular weight excluding hydrogens is 338 g/mol. The number of ether oxygens (including phenoxy) is 1. The van der Waals surface area contributed by atoms with Crippen LogP contribution >= 0.6 is 10.7 Å². The summed E-state index contributed by atoms with van der Waals surface area (Å²) in [6.07, 6.45) is 0. The Hall–Kier alpha value is -0.670. The molecule has 0 aliphatic rings. The van der Waals surface area contributed by atoms with Crippen LogP contribution in [-0.4, -0.2) is 47.4 Å². The van der Waals surface area contributed by atoms with E-state index >= 15 is 0 Å². The molecule has 0 aliphatic carbocycles. The Balaban J connectivity index is 3.18. The van der Waals surface area contributed by atoms with Crippen LogP contribution in [0.1, 0.15) is 13.8 Å². The minimum atomic E-state index is -3.87. The SMILES string of the molecule is CCN(C(C)COC)S(=O)(=O)c1ccc(S(=O)(=O)Cl)cc1. The van der Waals surface area contributed by atoms with Gasteiger partial charge in [-0.15, -0.1) is 0 Å². The lowest BCUT2D eigenvalue weighted by atomic mass is 10.3. The molecule has 0 bridgehead atoms. The summed E-state index contributed by atoms with van der Waals surface area (Å²) >= 11 is 0. The molecule has 21 heavy (non-hydrogen) atoms. The molecule has 0 aliphatic heterocycles. The van der Waals surface area contributed by atoms with E-state index < -0.39 is 19.1 Å². The highest BCUT2D eigenvalue weighted by Crippen LogP contribution is 2.21. The van der Waals surface area contributed by atoms with E-state index in [1.54, 1.807) is 13.8 Å². The molecule has 0 heterocycles. The summed E-state index contributed by atoms with van der Waals surface area (Å²) in [6, 6.07) is 4.47. The molecule has 1 aromatic carbocycles. The third-order valence-electron chi connectivity index (χ3n) is 2.92. The van der Waals surface area contributed by atoms with E-state index in [-0.39, 0.29) is 29.0 Å². The zero-order valence-corrected chi connectivity index (χ0v) is 14.4. The van der Waals surface area contributed by atoms with E-state index in [1.165, 1.54) is 35.7 Å². The smallest absolute Gasteiger partial charge is 0.261 e. The van der Waals surface area contributed by atoms with Crippen LogP contribution in [0.25, 0.3) is 0 Å². The molecule has 1 rings (SSSR count). The number of halogens is 1. The van der Waals surface area contributed by atoms with E-state index in [9.17, 15) is 16.8 Å². The number of hydrogen-bond donors (Lipinski definition) is 0. The van der Waals surface area contributed by atoms with Crippen LogP contribution in [0.2, 0.25) is 0 Å². The third kappa shape index (κ3) is 4.40. The molecule has 120 valence electrons. The van der Waals surface area contributed by atoms with Crippen molar-refractivity contribution in [1.82, 2.24) is 4.31 Å². The molecule has 0 aromatic heterocycles. The average Bonchev–Trinajstić information content (AvgIpc) is 2.38. The van der Waals surface area contributed by atoms with Crippen molar-refractivity contribution in [2.75, 3.05) is 20.3 Å². The fourth-order valence-corrected chi connectivity index (χ4v) is 4.35. The van der Waals surface area contributed by atoms with Gasteiger partial charge in [-0.3, -0.25) is 0 Å². The summed E-state index contributed by atoms with van der Waals surface area (Å²) in [5, 5.41) is 0. The van der Waals surface area contributed by atoms with Crippen LogP contribution in [0.4, 0.5) is 0 Å². The van der Waals surface area contributed by atoms with Gasteiger partial charge in [-0.25, -0.2) is 16.8 Å². The molecule has 0 radical (unpaired) electrons. The lowest BCUT2D eigenvalue weighted by Gasteiger charge is -2.26. The van der Waals surface area contributed by atoms with Gasteiger partial charge in [0.2, 0.25) is 10.0 Å². The highest BCUT2D eigenvalue weighted by Gasteiger charge is 2.27. The third-order valence-corrected chi connectivity index (χ3v) is 6.40. The quantitative estimate of drug-likeness (QED) is 0.695. The van der Waals surface area contributed by atoms with E-state index in [4.69, 9.17) is 15.4 Å². The van der Waals surface area contributed by atoms with Gasteiger partial charge in [-0.2, -0.15) is 4.31 Å². The van der Waals surface area contributed by atoms with Crippen LogP contribution < -0.4 is 0 Å². The van der Waals surface area contributed by atoms with Gasteiger partial charge in [0.15, 0.2) is 0 Å². The normalized spacial score (nSPS) is 14.3. The summed E-state index contributed by atoms with van der Waals surface area (Å²) < 4.78 is 53.7. The molecule has 0 fully saturated rings. The first-order chi connectivity index (χ1) is 9.64. The highest BCUT2D eigenvalue weighted by molar-refractivity contribution is 8.13. The number of methoxy groups -OCH3 is 1. The number of likely N-dealkylation sites (N-methyl/N-ethyl adjacent to an activating group) is 1. The van der Waals surface area contributed by atoms with Crippen molar-refractivity contribution >= 4 is 29.8 Å². The number of benzene rings is 1. The molecule has 0 saturated heterocycles. The van der Waals surface area contributed by atoms with Gasteiger partial charge in [0.1, 0.15) is 0 Å². The van der Waals surface area contributed by atoms with Crippen molar-refractivity contribution in [3.05, 3.63) is 24.3 Å². The molecular formula is C12H18ClNO5S2. The molecule has 1 unspecified atom stereocenters. The fraction of sp³-hybridized carbons (Fsp3) is 0.500. The first kappa shape index (κ1) is 18.4. The van der Waals surface area contributed by atoms with Gasteiger partial charge < -0.3 is 4.74 Å². The summed E-state index contributed by atoms with van der Waals surface area (Å²) in [7, 11) is -0.892. The topological polar surface area (TPSA) is 80.8 Å². The van der Waals surface area contributed by atoms with Gasteiger partial charge in [-0.05, 0) is 31.2 Å². The molecule has 0 spiro atoms. The van der Waals surface area contributed by atoms with Crippen molar-refractivity contribution < 1.29 is 21.6 Å². The Morgan fingerprint density at radius 2 is 1.62 bits per heavy atom. The molecule has 0 amide bonds. The van der Waals surface area contributed by atoms with Crippen LogP contribution in [0, 0.1) is 0 Å². The van der Waals surface area contributed by atoms with E-state index in [0.29, 0.717) is 0 Å². The Labute approximate surface area is 130 Å². The standard InChI is InChI=1S/C12H18ClNO5S2/c1-4-14(10(2)9-19-3)21(17,18)12-7-5-11(6-8-12)20(13,15)16/h5-8,10H,4,9H2,1-3H3. The van der Waals surface area contributed by atoms with Crippen molar-refractivity contribution in [3.8, 4) is 0 Å². The van der Waals surface area contributed by atoms with E-state index in [2.05, 4.69) is 0 Å². The average molecular weight is 356 g/mol. The second kappa shape index (κ2) is 7.06. The predicted molar refractivity (Wildman–Crippen MR) is 80.4 cm³/mol. The predicted octanol–water partition coefficient (Wildman–Crippen LogP) is 1.66. The molecule has 1 aromatic rings. The van der Waals surface area contributed by atoms with Crippen LogP contribution in [0.5, 0.6) is 0 Å². The van der Waals surface area contributed by atoms with Crippen molar-refractivity contribution in [2.24, 2.45) is 0 Å². The van der Waals surface area contributed by atoms with Crippen molar-refractivity contribution in [3.63, 3.8) is 0 Å². The first-order valence-electron chi connectivity index (χ1n) is 6.20. The number of rotatable bonds is 7. The van der Waals surface area contributed by atoms with Gasteiger partial charge in [0.25, 0.3) is 9.05 Å².